The van der Waals surface area contributed by atoms with E-state index in [1.165, 1.54) is 0 Å². The number of hydrogen-bond donors (Lipinski definition) is 1. The molecule has 2 aromatic heterocycles. The zero-order valence-electron chi connectivity index (χ0n) is 12.0. The SMILES string of the molecule is CCNc1cccc(C(=O)N(C)Cc2nccn2C)n1. The maximum atomic E-state index is 12.3. The predicted molar refractivity (Wildman–Crippen MR) is 77.4 cm³/mol. The van der Waals surface area contributed by atoms with Crippen molar-refractivity contribution in [2.75, 3.05) is 18.9 Å². The lowest BCUT2D eigenvalue weighted by atomic mass is 10.3. The summed E-state index contributed by atoms with van der Waals surface area (Å²) in [5, 5.41) is 3.10. The van der Waals surface area contributed by atoms with Gasteiger partial charge in [0, 0.05) is 33.0 Å². The first-order chi connectivity index (χ1) is 9.61. The molecule has 1 N–H and O–H groups in total. The summed E-state index contributed by atoms with van der Waals surface area (Å²) in [4.78, 5) is 22.5. The minimum Gasteiger partial charge on any atom is -0.370 e. The lowest BCUT2D eigenvalue weighted by Gasteiger charge is -2.16. The van der Waals surface area contributed by atoms with Crippen LogP contribution in [0.2, 0.25) is 0 Å². The number of nitrogens with one attached hydrogen (secondary N) is 1. The summed E-state index contributed by atoms with van der Waals surface area (Å²) in [6.45, 7) is 3.21. The van der Waals surface area contributed by atoms with E-state index in [-0.39, 0.29) is 5.91 Å². The molecule has 2 heterocycles. The number of rotatable bonds is 5. The van der Waals surface area contributed by atoms with Crippen molar-refractivity contribution in [3.8, 4) is 0 Å². The summed E-state index contributed by atoms with van der Waals surface area (Å²) in [5.41, 5.74) is 0.431. The number of nitrogens with zero attached hydrogens (tertiary/aromatic N) is 4. The van der Waals surface area contributed by atoms with Crippen LogP contribution in [0.3, 0.4) is 0 Å². The van der Waals surface area contributed by atoms with Crippen LogP contribution < -0.4 is 5.32 Å². The van der Waals surface area contributed by atoms with Crippen molar-refractivity contribution in [3.63, 3.8) is 0 Å². The van der Waals surface area contributed by atoms with Gasteiger partial charge in [-0.2, -0.15) is 0 Å². The summed E-state index contributed by atoms with van der Waals surface area (Å²) >= 11 is 0. The van der Waals surface area contributed by atoms with E-state index in [2.05, 4.69) is 15.3 Å². The Bertz CT molecular complexity index is 593. The van der Waals surface area contributed by atoms with Gasteiger partial charge in [-0.05, 0) is 19.1 Å². The van der Waals surface area contributed by atoms with E-state index < -0.39 is 0 Å². The minimum absolute atomic E-state index is 0.118. The van der Waals surface area contributed by atoms with Crippen LogP contribution in [0.25, 0.3) is 0 Å². The van der Waals surface area contributed by atoms with Crippen molar-refractivity contribution in [3.05, 3.63) is 42.1 Å². The van der Waals surface area contributed by atoms with Crippen LogP contribution in [0, 0.1) is 0 Å². The maximum absolute atomic E-state index is 12.3. The third-order valence-electron chi connectivity index (χ3n) is 2.97. The highest BCUT2D eigenvalue weighted by molar-refractivity contribution is 5.92. The lowest BCUT2D eigenvalue weighted by molar-refractivity contribution is 0.0775. The molecule has 0 unspecified atom stereocenters. The molecule has 6 nitrogen and oxygen atoms in total. The average Bonchev–Trinajstić information content (AvgIpc) is 2.84. The van der Waals surface area contributed by atoms with Crippen molar-refractivity contribution in [2.24, 2.45) is 7.05 Å². The molecule has 0 fully saturated rings. The summed E-state index contributed by atoms with van der Waals surface area (Å²) in [7, 11) is 3.66. The summed E-state index contributed by atoms with van der Waals surface area (Å²) in [5.74, 6) is 1.43. The van der Waals surface area contributed by atoms with E-state index in [0.29, 0.717) is 18.1 Å². The quantitative estimate of drug-likeness (QED) is 0.897. The largest absolute Gasteiger partial charge is 0.370 e. The topological polar surface area (TPSA) is 63.1 Å². The van der Waals surface area contributed by atoms with Gasteiger partial charge in [0.25, 0.3) is 5.91 Å². The Kier molecular flexibility index (Phi) is 4.34. The molecule has 0 aromatic carbocycles. The van der Waals surface area contributed by atoms with E-state index in [1.807, 2.05) is 36.9 Å². The predicted octanol–water partition coefficient (Wildman–Crippen LogP) is 1.52. The summed E-state index contributed by atoms with van der Waals surface area (Å²) < 4.78 is 1.90. The highest BCUT2D eigenvalue weighted by Gasteiger charge is 2.15. The molecule has 20 heavy (non-hydrogen) atoms. The summed E-state index contributed by atoms with van der Waals surface area (Å²) in [6.07, 6.45) is 3.58. The number of anilines is 1. The molecule has 0 spiro atoms. The fourth-order valence-corrected chi connectivity index (χ4v) is 1.86. The smallest absolute Gasteiger partial charge is 0.272 e. The van der Waals surface area contributed by atoms with Gasteiger partial charge in [0.2, 0.25) is 0 Å². The first-order valence-electron chi connectivity index (χ1n) is 6.54. The zero-order chi connectivity index (χ0) is 14.5. The zero-order valence-corrected chi connectivity index (χ0v) is 12.0. The number of aryl methyl sites for hydroxylation is 1. The van der Waals surface area contributed by atoms with Gasteiger partial charge < -0.3 is 14.8 Å². The fraction of sp³-hybridized carbons (Fsp3) is 0.357. The Balaban J connectivity index is 2.10. The number of amides is 1. The number of carbonyl (C=O) groups excluding carboxylic acids is 1. The molecule has 0 bridgehead atoms. The first-order valence-corrected chi connectivity index (χ1v) is 6.54. The van der Waals surface area contributed by atoms with E-state index in [0.717, 1.165) is 12.4 Å². The summed E-state index contributed by atoms with van der Waals surface area (Å²) in [6, 6.07) is 5.39. The molecule has 0 atom stereocenters. The molecule has 0 aliphatic heterocycles. The minimum atomic E-state index is -0.118. The number of aromatic nitrogens is 3. The third kappa shape index (κ3) is 3.14. The van der Waals surface area contributed by atoms with Gasteiger partial charge in [-0.1, -0.05) is 6.07 Å². The number of carbonyl (C=O) groups is 1. The van der Waals surface area contributed by atoms with Crippen molar-refractivity contribution in [1.29, 1.82) is 0 Å². The molecule has 0 saturated carbocycles. The van der Waals surface area contributed by atoms with Crippen LogP contribution in [0.15, 0.2) is 30.6 Å². The van der Waals surface area contributed by atoms with Gasteiger partial charge in [0.15, 0.2) is 0 Å². The van der Waals surface area contributed by atoms with E-state index in [9.17, 15) is 4.79 Å². The molecule has 2 rings (SSSR count). The van der Waals surface area contributed by atoms with Crippen molar-refractivity contribution in [1.82, 2.24) is 19.4 Å². The third-order valence-corrected chi connectivity index (χ3v) is 2.97. The molecule has 0 aliphatic carbocycles. The number of hydrogen-bond acceptors (Lipinski definition) is 4. The second-order valence-electron chi connectivity index (χ2n) is 4.55. The number of imidazole rings is 1. The molecule has 1 amide bonds. The Morgan fingerprint density at radius 1 is 1.45 bits per heavy atom. The van der Waals surface area contributed by atoms with Crippen molar-refractivity contribution >= 4 is 11.7 Å². The molecule has 0 radical (unpaired) electrons. The standard InChI is InChI=1S/C14H19N5O/c1-4-15-12-7-5-6-11(17-12)14(20)19(3)10-13-16-8-9-18(13)2/h5-9H,4,10H2,1-3H3,(H,15,17). The second-order valence-corrected chi connectivity index (χ2v) is 4.55. The Labute approximate surface area is 118 Å². The Hall–Kier alpha value is -2.37. The molecule has 0 saturated heterocycles. The van der Waals surface area contributed by atoms with E-state index in [1.54, 1.807) is 24.2 Å². The maximum Gasteiger partial charge on any atom is 0.272 e. The highest BCUT2D eigenvalue weighted by Crippen LogP contribution is 2.08. The molecule has 6 heteroatoms. The van der Waals surface area contributed by atoms with Crippen LogP contribution in [0.5, 0.6) is 0 Å². The molecule has 0 aliphatic rings. The van der Waals surface area contributed by atoms with Crippen LogP contribution in [-0.4, -0.2) is 38.9 Å². The van der Waals surface area contributed by atoms with Crippen LogP contribution >= 0.6 is 0 Å². The van der Waals surface area contributed by atoms with Crippen molar-refractivity contribution < 1.29 is 4.79 Å². The van der Waals surface area contributed by atoms with Gasteiger partial charge in [-0.15, -0.1) is 0 Å². The molecule has 2 aromatic rings. The van der Waals surface area contributed by atoms with Gasteiger partial charge in [0.05, 0.1) is 6.54 Å². The van der Waals surface area contributed by atoms with Gasteiger partial charge in [-0.3, -0.25) is 4.79 Å². The molecular formula is C14H19N5O. The highest BCUT2D eigenvalue weighted by atomic mass is 16.2. The van der Waals surface area contributed by atoms with Gasteiger partial charge in [0.1, 0.15) is 17.3 Å². The Morgan fingerprint density at radius 2 is 2.25 bits per heavy atom. The monoisotopic (exact) mass is 273 g/mol. The molecular weight excluding hydrogens is 254 g/mol. The van der Waals surface area contributed by atoms with Crippen LogP contribution in [-0.2, 0) is 13.6 Å². The van der Waals surface area contributed by atoms with E-state index >= 15 is 0 Å². The second kappa shape index (κ2) is 6.18. The first kappa shape index (κ1) is 14.0. The van der Waals surface area contributed by atoms with E-state index in [4.69, 9.17) is 0 Å². The lowest BCUT2D eigenvalue weighted by Crippen LogP contribution is -2.28. The normalized spacial score (nSPS) is 10.3. The number of pyridine rings is 1. The van der Waals surface area contributed by atoms with Crippen LogP contribution in [0.1, 0.15) is 23.2 Å². The van der Waals surface area contributed by atoms with Gasteiger partial charge >= 0.3 is 0 Å². The van der Waals surface area contributed by atoms with Crippen molar-refractivity contribution in [2.45, 2.75) is 13.5 Å². The van der Waals surface area contributed by atoms with Crippen LogP contribution in [0.4, 0.5) is 5.82 Å². The van der Waals surface area contributed by atoms with Gasteiger partial charge in [-0.25, -0.2) is 9.97 Å². The average molecular weight is 273 g/mol. The fourth-order valence-electron chi connectivity index (χ4n) is 1.86. The molecule has 106 valence electrons. The Morgan fingerprint density at radius 3 is 2.90 bits per heavy atom.